The van der Waals surface area contributed by atoms with Crippen molar-refractivity contribution >= 4 is 29.6 Å². The van der Waals surface area contributed by atoms with Crippen LogP contribution in [0.4, 0.5) is 11.9 Å². The zero-order valence-electron chi connectivity index (χ0n) is 16.3. The summed E-state index contributed by atoms with van der Waals surface area (Å²) < 4.78 is 0. The van der Waals surface area contributed by atoms with Crippen LogP contribution in [0.15, 0.2) is 5.16 Å². The van der Waals surface area contributed by atoms with Gasteiger partial charge in [-0.3, -0.25) is 10.1 Å². The van der Waals surface area contributed by atoms with Gasteiger partial charge in [-0.15, -0.1) is 0 Å². The predicted molar refractivity (Wildman–Crippen MR) is 106 cm³/mol. The summed E-state index contributed by atoms with van der Waals surface area (Å²) in [7, 11) is 0. The molecule has 6 nitrogen and oxygen atoms in total. The number of aromatic nitrogens is 3. The Labute approximate surface area is 156 Å². The third-order valence-corrected chi connectivity index (χ3v) is 4.34. The highest BCUT2D eigenvalue weighted by atomic mass is 32.2. The van der Waals surface area contributed by atoms with Crippen LogP contribution in [-0.2, 0) is 4.79 Å². The van der Waals surface area contributed by atoms with E-state index in [4.69, 9.17) is 0 Å². The number of thioether (sulfide) groups is 1. The van der Waals surface area contributed by atoms with Crippen molar-refractivity contribution in [2.45, 2.75) is 90.3 Å². The van der Waals surface area contributed by atoms with E-state index in [0.717, 1.165) is 12.2 Å². The molecule has 0 fully saturated rings. The third kappa shape index (κ3) is 10.3. The number of anilines is 2. The maximum Gasteiger partial charge on any atom is 0.235 e. The van der Waals surface area contributed by atoms with Gasteiger partial charge in [0, 0.05) is 17.7 Å². The summed E-state index contributed by atoms with van der Waals surface area (Å²) in [5, 5.41) is 6.63. The molecule has 0 spiro atoms. The lowest BCUT2D eigenvalue weighted by Gasteiger charge is -2.20. The Morgan fingerprint density at radius 3 is 2.24 bits per heavy atom. The molecule has 1 amide bonds. The molecule has 0 aliphatic carbocycles. The minimum Gasteiger partial charge on any atom is -0.349 e. The van der Waals surface area contributed by atoms with Crippen molar-refractivity contribution < 1.29 is 4.79 Å². The fourth-order valence-corrected chi connectivity index (χ4v) is 2.96. The smallest absolute Gasteiger partial charge is 0.235 e. The van der Waals surface area contributed by atoms with Gasteiger partial charge >= 0.3 is 0 Å². The van der Waals surface area contributed by atoms with Crippen molar-refractivity contribution in [3.63, 3.8) is 0 Å². The van der Waals surface area contributed by atoms with Gasteiger partial charge in [0.2, 0.25) is 17.8 Å². The number of carbonyl (C=O) groups excluding carboxylic acids is 1. The zero-order valence-corrected chi connectivity index (χ0v) is 17.1. The fraction of sp³-hybridized carbons (Fsp3) is 0.778. The molecule has 142 valence electrons. The summed E-state index contributed by atoms with van der Waals surface area (Å²) in [6.45, 7) is 10.2. The lowest BCUT2D eigenvalue weighted by molar-refractivity contribution is -0.115. The number of hydrogen-bond donors (Lipinski definition) is 2. The van der Waals surface area contributed by atoms with Crippen LogP contribution in [0.25, 0.3) is 0 Å². The largest absolute Gasteiger partial charge is 0.349 e. The van der Waals surface area contributed by atoms with Crippen LogP contribution in [0.3, 0.4) is 0 Å². The minimum atomic E-state index is -0.158. The van der Waals surface area contributed by atoms with Crippen LogP contribution in [0.2, 0.25) is 0 Å². The van der Waals surface area contributed by atoms with Crippen LogP contribution >= 0.6 is 11.8 Å². The highest BCUT2D eigenvalue weighted by Crippen LogP contribution is 2.20. The second kappa shape index (κ2) is 11.3. The molecule has 0 atom stereocenters. The molecule has 2 N–H and O–H groups in total. The molecule has 0 aliphatic rings. The van der Waals surface area contributed by atoms with Gasteiger partial charge in [0.15, 0.2) is 5.16 Å². The van der Waals surface area contributed by atoms with Gasteiger partial charge in [-0.2, -0.15) is 15.0 Å². The molecule has 1 rings (SSSR count). The van der Waals surface area contributed by atoms with E-state index in [1.54, 1.807) is 18.7 Å². The number of hydrogen-bond acceptors (Lipinski definition) is 6. The summed E-state index contributed by atoms with van der Waals surface area (Å²) >= 11 is 1.62. The van der Waals surface area contributed by atoms with E-state index < -0.39 is 0 Å². The molecule has 0 saturated carbocycles. The van der Waals surface area contributed by atoms with E-state index in [2.05, 4.69) is 32.5 Å². The number of nitrogens with zero attached hydrogens (tertiary/aromatic N) is 3. The summed E-state index contributed by atoms with van der Waals surface area (Å²) in [5.41, 5.74) is -0.158. The normalized spacial score (nSPS) is 11.4. The molecule has 0 aliphatic heterocycles. The molecule has 1 aromatic rings. The van der Waals surface area contributed by atoms with Crippen molar-refractivity contribution in [2.75, 3.05) is 16.4 Å². The van der Waals surface area contributed by atoms with Gasteiger partial charge in [-0.05, 0) is 27.2 Å². The van der Waals surface area contributed by atoms with E-state index in [9.17, 15) is 4.79 Å². The Morgan fingerprint density at radius 1 is 0.960 bits per heavy atom. The van der Waals surface area contributed by atoms with E-state index >= 15 is 0 Å². The molecule has 25 heavy (non-hydrogen) atoms. The SMILES string of the molecule is CCCCCCCCSc1nc(NC(=O)CC)nc(NC(C)(C)C)n1. The molecule has 0 unspecified atom stereocenters. The standard InChI is InChI=1S/C18H33N5OS/c1-6-8-9-10-11-12-13-25-17-21-15(19-14(24)7-2)20-16(22-17)23-18(3,4)5/h6-13H2,1-5H3,(H2,19,20,21,22,23,24). The first kappa shape index (κ1) is 21.7. The van der Waals surface area contributed by atoms with Gasteiger partial charge in [-0.1, -0.05) is 57.7 Å². The number of carbonyl (C=O) groups is 1. The maximum atomic E-state index is 11.6. The van der Waals surface area contributed by atoms with Crippen LogP contribution in [0.1, 0.15) is 79.6 Å². The Morgan fingerprint density at radius 2 is 1.60 bits per heavy atom. The fourth-order valence-electron chi connectivity index (χ4n) is 2.13. The van der Waals surface area contributed by atoms with Crippen molar-refractivity contribution in [1.82, 2.24) is 15.0 Å². The third-order valence-electron chi connectivity index (χ3n) is 3.40. The lowest BCUT2D eigenvalue weighted by Crippen LogP contribution is -2.28. The molecular weight excluding hydrogens is 334 g/mol. The molecule has 0 radical (unpaired) electrons. The number of amides is 1. The topological polar surface area (TPSA) is 79.8 Å². The summed E-state index contributed by atoms with van der Waals surface area (Å²) in [4.78, 5) is 24.8. The first-order valence-electron chi connectivity index (χ1n) is 9.31. The summed E-state index contributed by atoms with van der Waals surface area (Å²) in [6, 6.07) is 0. The predicted octanol–water partition coefficient (Wildman–Crippen LogP) is 4.88. The van der Waals surface area contributed by atoms with Gasteiger partial charge < -0.3 is 5.32 Å². The highest BCUT2D eigenvalue weighted by molar-refractivity contribution is 7.99. The first-order chi connectivity index (χ1) is 11.8. The van der Waals surface area contributed by atoms with Gasteiger partial charge in [0.1, 0.15) is 0 Å². The molecule has 1 aromatic heterocycles. The van der Waals surface area contributed by atoms with Crippen molar-refractivity contribution in [1.29, 1.82) is 0 Å². The zero-order chi connectivity index (χ0) is 18.7. The van der Waals surface area contributed by atoms with Crippen LogP contribution in [-0.4, -0.2) is 32.2 Å². The second-order valence-corrected chi connectivity index (χ2v) is 8.22. The van der Waals surface area contributed by atoms with Gasteiger partial charge in [-0.25, -0.2) is 0 Å². The Hall–Kier alpha value is -1.37. The quantitative estimate of drug-likeness (QED) is 0.428. The van der Waals surface area contributed by atoms with Crippen LogP contribution in [0.5, 0.6) is 0 Å². The number of unbranched alkanes of at least 4 members (excludes halogenated alkanes) is 5. The number of rotatable bonds is 11. The van der Waals surface area contributed by atoms with Crippen LogP contribution < -0.4 is 10.6 Å². The van der Waals surface area contributed by atoms with Crippen molar-refractivity contribution in [3.8, 4) is 0 Å². The van der Waals surface area contributed by atoms with Gasteiger partial charge in [0.05, 0.1) is 0 Å². The van der Waals surface area contributed by atoms with E-state index in [-0.39, 0.29) is 11.4 Å². The molecular formula is C18H33N5OS. The van der Waals surface area contributed by atoms with E-state index in [0.29, 0.717) is 23.5 Å². The first-order valence-corrected chi connectivity index (χ1v) is 10.3. The average Bonchev–Trinajstić information content (AvgIpc) is 2.52. The van der Waals surface area contributed by atoms with E-state index in [1.807, 2.05) is 20.8 Å². The highest BCUT2D eigenvalue weighted by Gasteiger charge is 2.15. The minimum absolute atomic E-state index is 0.0974. The Kier molecular flexibility index (Phi) is 9.78. The summed E-state index contributed by atoms with van der Waals surface area (Å²) in [5.74, 6) is 1.70. The van der Waals surface area contributed by atoms with Crippen molar-refractivity contribution in [3.05, 3.63) is 0 Å². The molecule has 0 aromatic carbocycles. The Balaban J connectivity index is 2.64. The molecule has 1 heterocycles. The van der Waals surface area contributed by atoms with Crippen molar-refractivity contribution in [2.24, 2.45) is 0 Å². The lowest BCUT2D eigenvalue weighted by atomic mass is 10.1. The maximum absolute atomic E-state index is 11.6. The molecule has 0 saturated heterocycles. The molecule has 7 heteroatoms. The molecule has 0 bridgehead atoms. The monoisotopic (exact) mass is 367 g/mol. The Bertz CT molecular complexity index is 531. The van der Waals surface area contributed by atoms with Crippen LogP contribution in [0, 0.1) is 0 Å². The van der Waals surface area contributed by atoms with Gasteiger partial charge in [0.25, 0.3) is 0 Å². The second-order valence-electron chi connectivity index (χ2n) is 7.16. The van der Waals surface area contributed by atoms with E-state index in [1.165, 1.54) is 32.1 Å². The number of nitrogens with one attached hydrogen (secondary N) is 2. The average molecular weight is 368 g/mol. The summed E-state index contributed by atoms with van der Waals surface area (Å²) in [6.07, 6.45) is 8.00.